The monoisotopic (exact) mass is 1110 g/mol. The minimum atomic E-state index is -5.30. The van der Waals surface area contributed by atoms with Crippen molar-refractivity contribution < 1.29 is 84.3 Å². The number of unbranched alkanes of at least 4 members (excludes halogenated alkanes) is 2. The maximum absolute atomic E-state index is 13.8. The Balaban J connectivity index is 1.53. The molecule has 0 radical (unpaired) electrons. The number of rotatable bonds is 24. The van der Waals surface area contributed by atoms with E-state index in [-0.39, 0.29) is 67.1 Å². The van der Waals surface area contributed by atoms with Gasteiger partial charge in [-0.25, -0.2) is 46.8 Å². The van der Waals surface area contributed by atoms with Gasteiger partial charge in [0.05, 0.1) is 48.3 Å². The van der Waals surface area contributed by atoms with Gasteiger partial charge in [0.25, 0.3) is 0 Å². The van der Waals surface area contributed by atoms with Crippen LogP contribution in [0.1, 0.15) is 70.4 Å². The molecule has 0 spiro atoms. The lowest BCUT2D eigenvalue weighted by Gasteiger charge is -2.31. The summed E-state index contributed by atoms with van der Waals surface area (Å²) in [4.78, 5) is 9.90. The molecular weight excluding hydrogens is 1050 g/mol. The van der Waals surface area contributed by atoms with Gasteiger partial charge in [-0.3, -0.25) is 4.79 Å². The number of anilines is 1. The Kier molecular flexibility index (Phi) is 17.0. The van der Waals surface area contributed by atoms with Crippen molar-refractivity contribution in [2.75, 3.05) is 57.7 Å². The number of hydrogen-bond donors (Lipinski definition) is 2. The van der Waals surface area contributed by atoms with Crippen molar-refractivity contribution >= 4 is 95.1 Å². The molecule has 0 bridgehead atoms. The summed E-state index contributed by atoms with van der Waals surface area (Å²) in [6.07, 6.45) is 9.42. The fourth-order valence-corrected chi connectivity index (χ4v) is 13.5. The predicted octanol–water partition coefficient (Wildman–Crippen LogP) is 4.40. The second-order valence-corrected chi connectivity index (χ2v) is 25.6. The molecule has 0 saturated carbocycles. The Morgan fingerprint density at radius 2 is 1.32 bits per heavy atom. The first kappa shape index (κ1) is 57.3. The van der Waals surface area contributed by atoms with E-state index in [0.717, 1.165) is 18.2 Å². The van der Waals surface area contributed by atoms with Crippen LogP contribution in [0, 0.1) is 0 Å². The third-order valence-corrected chi connectivity index (χ3v) is 17.8. The number of fused-ring (bicyclic) bond motifs is 6. The zero-order valence-corrected chi connectivity index (χ0v) is 44.4. The normalized spacial score (nSPS) is 18.0. The van der Waals surface area contributed by atoms with E-state index in [9.17, 15) is 70.2 Å². The third-order valence-electron chi connectivity index (χ3n) is 13.0. The summed E-state index contributed by atoms with van der Waals surface area (Å²) >= 11 is 0. The fraction of sp³-hybridized carbons (Fsp3) is 0.404. The second-order valence-electron chi connectivity index (χ2n) is 18.2. The van der Waals surface area contributed by atoms with Crippen LogP contribution in [-0.4, -0.2) is 134 Å². The minimum Gasteiger partial charge on any atom is -0.748 e. The Morgan fingerprint density at radius 3 is 1.90 bits per heavy atom. The molecule has 0 amide bonds. The molecule has 2 aliphatic heterocycles. The molecule has 0 fully saturated rings. The lowest BCUT2D eigenvalue weighted by molar-refractivity contribution is -0.438. The van der Waals surface area contributed by atoms with E-state index in [1.807, 2.05) is 9.48 Å². The van der Waals surface area contributed by atoms with E-state index in [0.29, 0.717) is 65.8 Å². The molecule has 398 valence electrons. The number of allylic oxidation sites excluding steroid dienone is 6. The summed E-state index contributed by atoms with van der Waals surface area (Å²) in [5, 5.41) is 9.24. The van der Waals surface area contributed by atoms with Crippen molar-refractivity contribution in [1.82, 2.24) is 4.72 Å². The standard InChI is InChI=1S/C47H57N3O18S5/c1-46(2)41(49(22-11-7-10-15-43(51)52)37-18-17-34-35(44(37)46)27-32(72(61,62)63)30-40(34)73(64,65)66)13-8-6-9-14-42-47(3,20-12-26-69(53,54)55)45-36-28-31(71(58,59)60)29-39(70(56,57)48-21-24-67-4)33(36)16-19-38(45)50(42)23-25-68-5/h6,8-9,13-14,16-19,27-30,48H,7,10-12,15,20-26H2,1-5H3,(H4-,51,52,53,54,55,58,59,60,61,62,63,64,65,66)/p-3. The van der Waals surface area contributed by atoms with E-state index in [2.05, 4.69) is 4.72 Å². The first-order chi connectivity index (χ1) is 33.9. The lowest BCUT2D eigenvalue weighted by atomic mass is 9.75. The maximum atomic E-state index is 13.8. The number of aliphatic carboxylic acids is 1. The predicted molar refractivity (Wildman–Crippen MR) is 265 cm³/mol. The fourth-order valence-electron chi connectivity index (χ4n) is 9.81. The molecule has 2 aliphatic rings. The summed E-state index contributed by atoms with van der Waals surface area (Å²) in [7, 11) is -22.3. The molecule has 4 aromatic rings. The van der Waals surface area contributed by atoms with Gasteiger partial charge in [0.1, 0.15) is 36.9 Å². The topological polar surface area (TPSA) is 337 Å². The number of methoxy groups -OCH3 is 2. The number of nitrogens with one attached hydrogen (secondary N) is 1. The zero-order valence-electron chi connectivity index (χ0n) is 40.3. The van der Waals surface area contributed by atoms with Gasteiger partial charge in [0.15, 0.2) is 5.71 Å². The van der Waals surface area contributed by atoms with E-state index >= 15 is 0 Å². The highest BCUT2D eigenvalue weighted by Crippen LogP contribution is 2.54. The van der Waals surface area contributed by atoms with E-state index in [4.69, 9.17) is 9.47 Å². The smallest absolute Gasteiger partial charge is 0.303 e. The molecule has 0 aliphatic carbocycles. The van der Waals surface area contributed by atoms with Crippen molar-refractivity contribution in [2.24, 2.45) is 0 Å². The number of carboxylic acid groups (broad SMARTS) is 1. The number of hydrogen-bond acceptors (Lipinski definition) is 18. The molecule has 2 N–H and O–H groups in total. The van der Waals surface area contributed by atoms with Crippen LogP contribution < -0.4 is 9.62 Å². The van der Waals surface area contributed by atoms with Crippen LogP contribution in [0.25, 0.3) is 21.5 Å². The number of sulfonamides is 1. The summed E-state index contributed by atoms with van der Waals surface area (Å²) in [6, 6.07) is 9.44. The van der Waals surface area contributed by atoms with Gasteiger partial charge in [0, 0.05) is 91.2 Å². The molecule has 0 saturated heterocycles. The second kappa shape index (κ2) is 21.7. The van der Waals surface area contributed by atoms with Gasteiger partial charge in [-0.15, -0.1) is 0 Å². The Hall–Kier alpha value is -4.97. The van der Waals surface area contributed by atoms with Crippen LogP contribution in [0.15, 0.2) is 104 Å². The highest BCUT2D eigenvalue weighted by molar-refractivity contribution is 7.90. The maximum Gasteiger partial charge on any atom is 0.303 e. The van der Waals surface area contributed by atoms with Crippen LogP contribution in [0.3, 0.4) is 0 Å². The van der Waals surface area contributed by atoms with Gasteiger partial charge in [-0.05, 0) is 105 Å². The minimum absolute atomic E-state index is 0.0361. The first-order valence-corrected chi connectivity index (χ1v) is 29.9. The molecule has 21 nitrogen and oxygen atoms in total. The number of carbonyl (C=O) groups is 1. The Bertz CT molecular complexity index is 3570. The molecule has 6 rings (SSSR count). The molecule has 1 atom stereocenters. The van der Waals surface area contributed by atoms with Crippen molar-refractivity contribution in [3.05, 3.63) is 95.7 Å². The highest BCUT2D eigenvalue weighted by atomic mass is 32.2. The van der Waals surface area contributed by atoms with E-state index < -0.39 is 92.6 Å². The van der Waals surface area contributed by atoms with Crippen LogP contribution in [0.2, 0.25) is 0 Å². The van der Waals surface area contributed by atoms with Crippen LogP contribution in [-0.2, 0) is 75.6 Å². The summed E-state index contributed by atoms with van der Waals surface area (Å²) < 4.78 is 191. The van der Waals surface area contributed by atoms with E-state index in [1.165, 1.54) is 26.4 Å². The van der Waals surface area contributed by atoms with Crippen LogP contribution in [0.5, 0.6) is 0 Å². The average Bonchev–Trinajstić information content (AvgIpc) is 3.64. The molecule has 4 aromatic carbocycles. The first-order valence-electron chi connectivity index (χ1n) is 22.6. The molecular formula is C47H54N3O18S5-3. The number of benzene rings is 4. The largest absolute Gasteiger partial charge is 0.748 e. The summed E-state index contributed by atoms with van der Waals surface area (Å²) in [5.41, 5.74) is 0.418. The molecule has 2 heterocycles. The summed E-state index contributed by atoms with van der Waals surface area (Å²) in [5.74, 6) is -1.74. The Labute approximate surface area is 424 Å². The van der Waals surface area contributed by atoms with Gasteiger partial charge >= 0.3 is 5.97 Å². The summed E-state index contributed by atoms with van der Waals surface area (Å²) in [6.45, 7) is 5.64. The van der Waals surface area contributed by atoms with Crippen molar-refractivity contribution in [1.29, 1.82) is 0 Å². The lowest BCUT2D eigenvalue weighted by Crippen LogP contribution is -2.31. The molecule has 1 unspecified atom stereocenters. The van der Waals surface area contributed by atoms with Crippen molar-refractivity contribution in [3.63, 3.8) is 0 Å². The molecule has 73 heavy (non-hydrogen) atoms. The van der Waals surface area contributed by atoms with Crippen molar-refractivity contribution in [2.45, 2.75) is 89.7 Å². The van der Waals surface area contributed by atoms with Gasteiger partial charge in [0.2, 0.25) is 15.7 Å². The van der Waals surface area contributed by atoms with E-state index in [1.54, 1.807) is 63.3 Å². The van der Waals surface area contributed by atoms with Gasteiger partial charge in [-0.2, -0.15) is 4.58 Å². The zero-order chi connectivity index (χ0) is 54.1. The van der Waals surface area contributed by atoms with Crippen molar-refractivity contribution in [3.8, 4) is 0 Å². The molecule has 0 aromatic heterocycles. The highest BCUT2D eigenvalue weighted by Gasteiger charge is 2.47. The molecule has 26 heteroatoms. The SMILES string of the molecule is COCCNS(=O)(=O)c1cc(S(=O)(=O)[O-])cc2c3c(ccc12)N(CCOC)C(=CC=CC=CC1=[N+](CCCCCC(=O)O)c2ccc4c(S(=O)(=O)[O-])cc(S(=O)(=O)[O-])cc4c2C1(C)C)C3(C)CCCS(=O)(=O)[O-]. The number of carboxylic acids is 1. The Morgan fingerprint density at radius 1 is 0.712 bits per heavy atom. The number of nitrogens with zero attached hydrogens (tertiary/aromatic N) is 2. The van der Waals surface area contributed by atoms with Gasteiger partial charge in [-0.1, -0.05) is 24.3 Å². The van der Waals surface area contributed by atoms with Gasteiger partial charge < -0.3 is 37.7 Å². The van der Waals surface area contributed by atoms with Crippen LogP contribution in [0.4, 0.5) is 11.4 Å². The average molecular weight is 1110 g/mol. The third kappa shape index (κ3) is 12.4. The quantitative estimate of drug-likeness (QED) is 0.0425. The van der Waals surface area contributed by atoms with Crippen LogP contribution >= 0.6 is 0 Å². The number of ether oxygens (including phenoxy) is 2.